The van der Waals surface area contributed by atoms with Gasteiger partial charge in [-0.3, -0.25) is 9.69 Å². The van der Waals surface area contributed by atoms with Crippen LogP contribution in [-0.4, -0.2) is 48.6 Å². The molecule has 8 heteroatoms. The Morgan fingerprint density at radius 2 is 2.12 bits per heavy atom. The van der Waals surface area contributed by atoms with E-state index in [0.717, 1.165) is 0 Å². The van der Waals surface area contributed by atoms with Gasteiger partial charge in [0, 0.05) is 37.4 Å². The summed E-state index contributed by atoms with van der Waals surface area (Å²) in [5, 5.41) is 2.69. The molecule has 3 N–H and O–H groups in total. The summed E-state index contributed by atoms with van der Waals surface area (Å²) in [5.74, 6) is -0.913. The number of rotatable bonds is 2. The Morgan fingerprint density at radius 1 is 1.38 bits per heavy atom. The molecule has 2 unspecified atom stereocenters. The number of anilines is 1. The van der Waals surface area contributed by atoms with Crippen molar-refractivity contribution in [1.29, 1.82) is 0 Å². The molecule has 2 saturated heterocycles. The highest BCUT2D eigenvalue weighted by molar-refractivity contribution is 5.98. The SMILES string of the molecule is CC1CC(N)CCN1C(=O)c1cc(N2CCNC2=O)ccc1F.Cl. The van der Waals surface area contributed by atoms with E-state index in [4.69, 9.17) is 5.73 Å². The zero-order valence-electron chi connectivity index (χ0n) is 13.5. The highest BCUT2D eigenvalue weighted by Crippen LogP contribution is 2.24. The predicted molar refractivity (Wildman–Crippen MR) is 92.1 cm³/mol. The van der Waals surface area contributed by atoms with E-state index in [1.54, 1.807) is 4.90 Å². The van der Waals surface area contributed by atoms with Crippen LogP contribution < -0.4 is 16.0 Å². The Hall–Kier alpha value is -1.86. The van der Waals surface area contributed by atoms with E-state index in [2.05, 4.69) is 5.32 Å². The topological polar surface area (TPSA) is 78.7 Å². The minimum absolute atomic E-state index is 0. The normalized spacial score (nSPS) is 23.7. The molecular weight excluding hydrogens is 335 g/mol. The first-order chi connectivity index (χ1) is 11.0. The van der Waals surface area contributed by atoms with Gasteiger partial charge in [0.15, 0.2) is 0 Å². The number of benzene rings is 1. The molecule has 0 aliphatic carbocycles. The first-order valence-corrected chi connectivity index (χ1v) is 7.89. The quantitative estimate of drug-likeness (QED) is 0.847. The average molecular weight is 357 g/mol. The summed E-state index contributed by atoms with van der Waals surface area (Å²) in [4.78, 5) is 27.6. The van der Waals surface area contributed by atoms with Gasteiger partial charge < -0.3 is 16.0 Å². The number of nitrogens with one attached hydrogen (secondary N) is 1. The van der Waals surface area contributed by atoms with Gasteiger partial charge >= 0.3 is 6.03 Å². The first-order valence-electron chi connectivity index (χ1n) is 7.89. The number of carbonyl (C=O) groups excluding carboxylic acids is 2. The number of nitrogens with zero attached hydrogens (tertiary/aromatic N) is 2. The zero-order valence-corrected chi connectivity index (χ0v) is 14.3. The van der Waals surface area contributed by atoms with Gasteiger partial charge in [-0.05, 0) is 38.0 Å². The second-order valence-electron chi connectivity index (χ2n) is 6.18. The molecule has 132 valence electrons. The maximum absolute atomic E-state index is 14.2. The number of likely N-dealkylation sites (tertiary alicyclic amines) is 1. The molecule has 6 nitrogen and oxygen atoms in total. The lowest BCUT2D eigenvalue weighted by Crippen LogP contribution is -2.48. The van der Waals surface area contributed by atoms with Crippen molar-refractivity contribution >= 4 is 30.0 Å². The molecule has 2 atom stereocenters. The summed E-state index contributed by atoms with van der Waals surface area (Å²) in [6, 6.07) is 4.06. The van der Waals surface area contributed by atoms with E-state index >= 15 is 0 Å². The fraction of sp³-hybridized carbons (Fsp3) is 0.500. The zero-order chi connectivity index (χ0) is 16.6. The van der Waals surface area contributed by atoms with Crippen molar-refractivity contribution in [3.63, 3.8) is 0 Å². The molecule has 2 aliphatic rings. The highest BCUT2D eigenvalue weighted by Gasteiger charge is 2.30. The molecule has 2 aliphatic heterocycles. The van der Waals surface area contributed by atoms with Gasteiger partial charge in [-0.25, -0.2) is 9.18 Å². The maximum atomic E-state index is 14.2. The first kappa shape index (κ1) is 18.5. The van der Waals surface area contributed by atoms with Gasteiger partial charge in [0.05, 0.1) is 5.56 Å². The van der Waals surface area contributed by atoms with Crippen molar-refractivity contribution < 1.29 is 14.0 Å². The van der Waals surface area contributed by atoms with E-state index in [1.165, 1.54) is 23.1 Å². The van der Waals surface area contributed by atoms with E-state index in [9.17, 15) is 14.0 Å². The number of nitrogens with two attached hydrogens (primary N) is 1. The summed E-state index contributed by atoms with van der Waals surface area (Å²) in [5.41, 5.74) is 6.45. The molecule has 24 heavy (non-hydrogen) atoms. The van der Waals surface area contributed by atoms with Crippen LogP contribution in [0.3, 0.4) is 0 Å². The van der Waals surface area contributed by atoms with Gasteiger partial charge in [0.2, 0.25) is 0 Å². The second kappa shape index (κ2) is 7.36. The van der Waals surface area contributed by atoms with Crippen LogP contribution in [0.4, 0.5) is 14.9 Å². The van der Waals surface area contributed by atoms with E-state index in [-0.39, 0.29) is 42.0 Å². The molecule has 0 spiro atoms. The summed E-state index contributed by atoms with van der Waals surface area (Å²) >= 11 is 0. The van der Waals surface area contributed by atoms with Crippen LogP contribution in [0.25, 0.3) is 0 Å². The fourth-order valence-corrected chi connectivity index (χ4v) is 3.23. The number of hydrogen-bond acceptors (Lipinski definition) is 3. The molecule has 3 rings (SSSR count). The number of urea groups is 1. The Balaban J connectivity index is 0.00000208. The molecule has 1 aromatic carbocycles. The Morgan fingerprint density at radius 3 is 2.75 bits per heavy atom. The van der Waals surface area contributed by atoms with Crippen LogP contribution in [0.1, 0.15) is 30.1 Å². The van der Waals surface area contributed by atoms with Crippen LogP contribution >= 0.6 is 12.4 Å². The Bertz CT molecular complexity index is 643. The summed E-state index contributed by atoms with van der Waals surface area (Å²) in [7, 11) is 0. The predicted octanol–water partition coefficient (Wildman–Crippen LogP) is 1.73. The molecule has 0 saturated carbocycles. The van der Waals surface area contributed by atoms with Crippen LogP contribution in [0.15, 0.2) is 18.2 Å². The van der Waals surface area contributed by atoms with Crippen molar-refractivity contribution in [2.24, 2.45) is 5.73 Å². The lowest BCUT2D eigenvalue weighted by atomic mass is 9.98. The molecule has 0 bridgehead atoms. The smallest absolute Gasteiger partial charge is 0.321 e. The molecule has 0 radical (unpaired) electrons. The highest BCUT2D eigenvalue weighted by atomic mass is 35.5. The summed E-state index contributed by atoms with van der Waals surface area (Å²) in [6.07, 6.45) is 1.42. The third-order valence-electron chi connectivity index (χ3n) is 4.53. The minimum atomic E-state index is -0.569. The largest absolute Gasteiger partial charge is 0.336 e. The van der Waals surface area contributed by atoms with Crippen molar-refractivity contribution in [3.05, 3.63) is 29.6 Å². The minimum Gasteiger partial charge on any atom is -0.336 e. The van der Waals surface area contributed by atoms with Crippen molar-refractivity contribution in [3.8, 4) is 0 Å². The molecule has 1 aromatic rings. The molecular formula is C16H22ClFN4O2. The molecule has 0 aromatic heterocycles. The van der Waals surface area contributed by atoms with Crippen molar-refractivity contribution in [2.75, 3.05) is 24.5 Å². The average Bonchev–Trinajstić information content (AvgIpc) is 2.93. The lowest BCUT2D eigenvalue weighted by Gasteiger charge is -2.36. The van der Waals surface area contributed by atoms with Crippen LogP contribution in [0.5, 0.6) is 0 Å². The van der Waals surface area contributed by atoms with Gasteiger partial charge in [-0.2, -0.15) is 0 Å². The number of halogens is 2. The third-order valence-corrected chi connectivity index (χ3v) is 4.53. The third kappa shape index (κ3) is 3.47. The number of carbonyl (C=O) groups is 2. The molecule has 2 heterocycles. The van der Waals surface area contributed by atoms with Gasteiger partial charge in [-0.15, -0.1) is 12.4 Å². The van der Waals surface area contributed by atoms with Gasteiger partial charge in [0.25, 0.3) is 5.91 Å². The standard InChI is InChI=1S/C16H21FN4O2.ClH/c1-10-8-11(18)4-6-20(10)15(22)13-9-12(2-3-14(13)17)21-7-5-19-16(21)23;/h2-3,9-11H,4-8,18H2,1H3,(H,19,23);1H. The van der Waals surface area contributed by atoms with E-state index in [1.807, 2.05) is 6.92 Å². The number of amides is 3. The van der Waals surface area contributed by atoms with Crippen LogP contribution in [0, 0.1) is 5.82 Å². The van der Waals surface area contributed by atoms with Crippen LogP contribution in [-0.2, 0) is 0 Å². The van der Waals surface area contributed by atoms with Crippen LogP contribution in [0.2, 0.25) is 0 Å². The van der Waals surface area contributed by atoms with E-state index < -0.39 is 5.82 Å². The number of hydrogen-bond donors (Lipinski definition) is 2. The van der Waals surface area contributed by atoms with Gasteiger partial charge in [0.1, 0.15) is 5.82 Å². The second-order valence-corrected chi connectivity index (χ2v) is 6.18. The Labute approximate surface area is 146 Å². The molecule has 2 fully saturated rings. The Kier molecular flexibility index (Phi) is 5.66. The number of piperidine rings is 1. The van der Waals surface area contributed by atoms with E-state index in [0.29, 0.717) is 38.2 Å². The molecule has 3 amide bonds. The van der Waals surface area contributed by atoms with Gasteiger partial charge in [-0.1, -0.05) is 0 Å². The van der Waals surface area contributed by atoms with Crippen molar-refractivity contribution in [1.82, 2.24) is 10.2 Å². The summed E-state index contributed by atoms with van der Waals surface area (Å²) < 4.78 is 14.2. The lowest BCUT2D eigenvalue weighted by molar-refractivity contribution is 0.0614. The monoisotopic (exact) mass is 356 g/mol. The summed E-state index contributed by atoms with van der Waals surface area (Å²) in [6.45, 7) is 3.50. The maximum Gasteiger partial charge on any atom is 0.321 e. The fourth-order valence-electron chi connectivity index (χ4n) is 3.23. The van der Waals surface area contributed by atoms with Crippen molar-refractivity contribution in [2.45, 2.75) is 31.8 Å².